The largest absolute Gasteiger partial charge is 0.478 e. The molecular weight excluding hydrogens is 793 g/mol. The number of esters is 2. The van der Waals surface area contributed by atoms with Crippen molar-refractivity contribution in [1.29, 1.82) is 0 Å². The second-order valence-corrected chi connectivity index (χ2v) is 11.5. The fourth-order valence-corrected chi connectivity index (χ4v) is 4.14. The summed E-state index contributed by atoms with van der Waals surface area (Å²) in [6.45, 7) is 0. The van der Waals surface area contributed by atoms with Gasteiger partial charge in [-0.3, -0.25) is 15.0 Å². The van der Waals surface area contributed by atoms with Crippen molar-refractivity contribution < 1.29 is 29.0 Å². The van der Waals surface area contributed by atoms with E-state index < -0.39 is 5.97 Å². The zero-order chi connectivity index (χ0) is 39.0. The van der Waals surface area contributed by atoms with Crippen molar-refractivity contribution in [2.75, 3.05) is 14.2 Å². The predicted octanol–water partition coefficient (Wildman–Crippen LogP) is 7.59. The molecule has 0 unspecified atom stereocenters. The summed E-state index contributed by atoms with van der Waals surface area (Å²) >= 11 is 2.24. The summed E-state index contributed by atoms with van der Waals surface area (Å²) in [5.74, 6) is 12.8. The van der Waals surface area contributed by atoms with Gasteiger partial charge in [0.15, 0.2) is 0 Å². The maximum Gasteiger partial charge on any atom is 0.337 e. The molecule has 10 heteroatoms. The van der Waals surface area contributed by atoms with Crippen LogP contribution in [-0.4, -0.2) is 52.2 Å². The van der Waals surface area contributed by atoms with Crippen LogP contribution in [0.5, 0.6) is 0 Å². The monoisotopic (exact) mass is 825 g/mol. The summed E-state index contributed by atoms with van der Waals surface area (Å²) in [5, 5.41) is 8.74. The number of carboxylic acids is 1. The Balaban J connectivity index is 0.000000203. The number of rotatable bonds is 3. The van der Waals surface area contributed by atoms with Gasteiger partial charge in [-0.15, -0.1) is 6.42 Å². The number of pyridine rings is 3. The van der Waals surface area contributed by atoms with E-state index in [1.165, 1.54) is 17.8 Å². The highest BCUT2D eigenvalue weighted by atomic mass is 127. The molecule has 6 aromatic rings. The molecule has 3 aromatic heterocycles. The summed E-state index contributed by atoms with van der Waals surface area (Å²) in [7, 11) is 2.71. The van der Waals surface area contributed by atoms with Gasteiger partial charge in [0.25, 0.3) is 0 Å². The lowest BCUT2D eigenvalue weighted by Gasteiger charge is -1.98. The van der Waals surface area contributed by atoms with Gasteiger partial charge in [0.1, 0.15) is 0 Å². The molecule has 0 aliphatic carbocycles. The summed E-state index contributed by atoms with van der Waals surface area (Å²) in [4.78, 5) is 44.5. The highest BCUT2D eigenvalue weighted by Gasteiger charge is 2.04. The predicted molar refractivity (Wildman–Crippen MR) is 214 cm³/mol. The lowest BCUT2D eigenvalue weighted by molar-refractivity contribution is 0.0592. The molecule has 0 bridgehead atoms. The Morgan fingerprint density at radius 3 is 1.07 bits per heavy atom. The van der Waals surface area contributed by atoms with Gasteiger partial charge < -0.3 is 14.6 Å². The van der Waals surface area contributed by atoms with Crippen LogP contribution >= 0.6 is 22.6 Å². The van der Waals surface area contributed by atoms with E-state index >= 15 is 0 Å². The molecule has 0 radical (unpaired) electrons. The number of methoxy groups -OCH3 is 2. The Kier molecular flexibility index (Phi) is 17.9. The van der Waals surface area contributed by atoms with Gasteiger partial charge in [-0.25, -0.2) is 14.4 Å². The van der Waals surface area contributed by atoms with Crippen molar-refractivity contribution in [3.63, 3.8) is 0 Å². The van der Waals surface area contributed by atoms with Crippen molar-refractivity contribution in [3.05, 3.63) is 194 Å². The average Bonchev–Trinajstić information content (AvgIpc) is 3.23. The number of carbonyl (C=O) groups excluding carboxylic acids is 2. The molecule has 3 aromatic carbocycles. The lowest BCUT2D eigenvalue weighted by Crippen LogP contribution is -2.00. The number of hydrogen-bond acceptors (Lipinski definition) is 8. The number of ether oxygens (including phenoxy) is 2. The van der Waals surface area contributed by atoms with Crippen LogP contribution in [0.4, 0.5) is 0 Å². The molecule has 6 rings (SSSR count). The number of terminal acetylenes is 1. The Labute approximate surface area is 327 Å². The third-order valence-electron chi connectivity index (χ3n) is 6.61. The van der Waals surface area contributed by atoms with Crippen molar-refractivity contribution in [3.8, 4) is 36.0 Å². The number of aromatic carboxylic acids is 1. The number of hydrogen-bond donors (Lipinski definition) is 1. The number of carboxylic acid groups (broad SMARTS) is 1. The van der Waals surface area contributed by atoms with E-state index in [1.54, 1.807) is 110 Å². The second kappa shape index (κ2) is 23.4. The van der Waals surface area contributed by atoms with Gasteiger partial charge in [-0.05, 0) is 132 Å². The average molecular weight is 826 g/mol. The van der Waals surface area contributed by atoms with Gasteiger partial charge in [-0.2, -0.15) is 0 Å². The van der Waals surface area contributed by atoms with E-state index in [2.05, 4.69) is 76.6 Å². The van der Waals surface area contributed by atoms with Gasteiger partial charge >= 0.3 is 17.9 Å². The quantitative estimate of drug-likeness (QED) is 0.109. The minimum Gasteiger partial charge on any atom is -0.478 e. The molecule has 0 aliphatic heterocycles. The first-order chi connectivity index (χ1) is 26.2. The summed E-state index contributed by atoms with van der Waals surface area (Å²) in [6.07, 6.45) is 15.5. The van der Waals surface area contributed by atoms with Crippen molar-refractivity contribution >= 4 is 40.5 Å². The SMILES string of the molecule is C#Cc1ccc(C(=O)OC)cc1.COC(=O)c1ccc(C#Cc2ccncc2)cc1.Ic1ccncc1.O=C(O)c1ccc(C#Cc2ccncc2)cc1. The van der Waals surface area contributed by atoms with Gasteiger partial charge in [-0.1, -0.05) is 29.6 Å². The highest BCUT2D eigenvalue weighted by Crippen LogP contribution is 2.07. The van der Waals surface area contributed by atoms with Crippen LogP contribution in [0.3, 0.4) is 0 Å². The molecule has 0 saturated heterocycles. The Morgan fingerprint density at radius 1 is 0.500 bits per heavy atom. The first kappa shape index (κ1) is 41.4. The topological polar surface area (TPSA) is 129 Å². The van der Waals surface area contributed by atoms with Crippen LogP contribution in [0.25, 0.3) is 0 Å². The molecule has 0 spiro atoms. The summed E-state index contributed by atoms with van der Waals surface area (Å²) in [5.41, 5.74) is 5.46. The molecular formula is C44H32IN3O6. The van der Waals surface area contributed by atoms with E-state index in [4.69, 9.17) is 11.5 Å². The fourth-order valence-electron chi connectivity index (χ4n) is 3.82. The minimum atomic E-state index is -0.932. The molecule has 54 heavy (non-hydrogen) atoms. The zero-order valence-electron chi connectivity index (χ0n) is 29.1. The van der Waals surface area contributed by atoms with Crippen molar-refractivity contribution in [1.82, 2.24) is 15.0 Å². The van der Waals surface area contributed by atoms with Gasteiger partial charge in [0.2, 0.25) is 0 Å². The second-order valence-electron chi connectivity index (χ2n) is 10.3. The number of aromatic nitrogens is 3. The van der Waals surface area contributed by atoms with E-state index in [0.717, 1.165) is 27.8 Å². The van der Waals surface area contributed by atoms with Gasteiger partial charge in [0, 0.05) is 68.6 Å². The van der Waals surface area contributed by atoms with Crippen LogP contribution in [0.1, 0.15) is 58.9 Å². The maximum atomic E-state index is 11.2. The zero-order valence-corrected chi connectivity index (χ0v) is 31.3. The summed E-state index contributed by atoms with van der Waals surface area (Å²) < 4.78 is 10.4. The smallest absolute Gasteiger partial charge is 0.337 e. The van der Waals surface area contributed by atoms with E-state index in [-0.39, 0.29) is 17.5 Å². The molecule has 0 saturated carbocycles. The van der Waals surface area contributed by atoms with E-state index in [0.29, 0.717) is 11.1 Å². The number of halogens is 1. The number of carbonyl (C=O) groups is 3. The van der Waals surface area contributed by atoms with Crippen molar-refractivity contribution in [2.45, 2.75) is 0 Å². The molecule has 3 heterocycles. The van der Waals surface area contributed by atoms with Crippen LogP contribution in [-0.2, 0) is 9.47 Å². The number of benzene rings is 3. The maximum absolute atomic E-state index is 11.2. The van der Waals surface area contributed by atoms with E-state index in [9.17, 15) is 14.4 Å². The van der Waals surface area contributed by atoms with Crippen LogP contribution in [0.15, 0.2) is 146 Å². The summed E-state index contributed by atoms with van der Waals surface area (Å²) in [6, 6.07) is 31.4. The standard InChI is InChI=1S/C15H11NO2.C14H9NO2.C10H8O2.C5H4IN/c1-18-15(17)14-6-4-12(5-7-14)2-3-13-8-10-16-11-9-13;16-14(17)13-5-3-11(4-6-13)1-2-12-7-9-15-10-8-12;1-3-8-4-6-9(7-5-8)10(11)12-2;6-5-1-3-7-4-2-5/h4-11H,1H3;3-10H,(H,16,17);1,4-7H,2H3;1-4H. The Morgan fingerprint density at radius 2 is 0.796 bits per heavy atom. The third-order valence-corrected chi connectivity index (χ3v) is 7.33. The highest BCUT2D eigenvalue weighted by molar-refractivity contribution is 14.1. The Bertz CT molecular complexity index is 2250. The molecule has 0 aliphatic rings. The van der Waals surface area contributed by atoms with Crippen LogP contribution in [0.2, 0.25) is 0 Å². The first-order valence-corrected chi connectivity index (χ1v) is 16.9. The fraction of sp³-hybridized carbons (Fsp3) is 0.0455. The minimum absolute atomic E-state index is 0.263. The van der Waals surface area contributed by atoms with Crippen molar-refractivity contribution in [2.24, 2.45) is 0 Å². The molecule has 0 atom stereocenters. The van der Waals surface area contributed by atoms with E-state index in [1.807, 2.05) is 36.4 Å². The Hall–Kier alpha value is -7.07. The normalized spacial score (nSPS) is 9.00. The molecule has 0 amide bonds. The first-order valence-electron chi connectivity index (χ1n) is 15.8. The molecule has 0 fully saturated rings. The molecule has 1 N–H and O–H groups in total. The molecule has 9 nitrogen and oxygen atoms in total. The third kappa shape index (κ3) is 15.4. The van der Waals surface area contributed by atoms with Crippen LogP contribution in [0, 0.1) is 39.6 Å². The van der Waals surface area contributed by atoms with Crippen LogP contribution < -0.4 is 0 Å². The lowest BCUT2D eigenvalue weighted by atomic mass is 10.1. The number of nitrogens with zero attached hydrogens (tertiary/aromatic N) is 3. The molecule has 266 valence electrons. The van der Waals surface area contributed by atoms with Gasteiger partial charge in [0.05, 0.1) is 30.9 Å².